The molecule has 0 amide bonds. The molecule has 0 radical (unpaired) electrons. The van der Waals surface area contributed by atoms with Crippen molar-refractivity contribution in [3.63, 3.8) is 0 Å². The summed E-state index contributed by atoms with van der Waals surface area (Å²) in [5.74, 6) is 0. The fraction of sp³-hybridized carbons (Fsp3) is 0.0588. The second-order valence-electron chi connectivity index (χ2n) is 4.83. The lowest BCUT2D eigenvalue weighted by atomic mass is 10.0. The van der Waals surface area contributed by atoms with Gasteiger partial charge in [0.1, 0.15) is 11.2 Å². The lowest BCUT2D eigenvalue weighted by Gasteiger charge is -2.02. The van der Waals surface area contributed by atoms with Crippen LogP contribution in [0.2, 0.25) is 5.02 Å². The average molecular weight is 267 g/mol. The number of benzene rings is 3. The summed E-state index contributed by atoms with van der Waals surface area (Å²) in [6.07, 6.45) is 0. The van der Waals surface area contributed by atoms with Crippen molar-refractivity contribution in [2.75, 3.05) is 0 Å². The Bertz CT molecular complexity index is 934. The highest BCUT2D eigenvalue weighted by atomic mass is 35.5. The van der Waals surface area contributed by atoms with E-state index in [0.717, 1.165) is 32.3 Å². The molecule has 0 saturated heterocycles. The molecule has 0 aliphatic rings. The molecule has 0 N–H and O–H groups in total. The summed E-state index contributed by atoms with van der Waals surface area (Å²) in [6, 6.07) is 16.3. The summed E-state index contributed by atoms with van der Waals surface area (Å²) in [5, 5.41) is 5.21. The number of hydrogen-bond acceptors (Lipinski definition) is 1. The fourth-order valence-corrected chi connectivity index (χ4v) is 3.05. The van der Waals surface area contributed by atoms with Crippen LogP contribution in [-0.2, 0) is 0 Å². The van der Waals surface area contributed by atoms with E-state index in [2.05, 4.69) is 31.2 Å². The summed E-state index contributed by atoms with van der Waals surface area (Å²) in [5.41, 5.74) is 3.01. The maximum atomic E-state index is 6.32. The predicted molar refractivity (Wildman–Crippen MR) is 81.0 cm³/mol. The Morgan fingerprint density at radius 1 is 0.895 bits per heavy atom. The average Bonchev–Trinajstić information content (AvgIpc) is 2.79. The molecule has 0 spiro atoms. The first-order valence-corrected chi connectivity index (χ1v) is 6.62. The van der Waals surface area contributed by atoms with E-state index in [1.807, 2.05) is 24.3 Å². The first kappa shape index (κ1) is 10.9. The van der Waals surface area contributed by atoms with Crippen LogP contribution in [0.3, 0.4) is 0 Å². The third-order valence-electron chi connectivity index (χ3n) is 3.66. The summed E-state index contributed by atoms with van der Waals surface area (Å²) in [7, 11) is 0. The Hall–Kier alpha value is -1.99. The minimum atomic E-state index is 0.742. The summed E-state index contributed by atoms with van der Waals surface area (Å²) < 4.78 is 6.02. The molecule has 0 bridgehead atoms. The van der Waals surface area contributed by atoms with Crippen LogP contribution in [0.25, 0.3) is 32.7 Å². The molecular formula is C17H11ClO. The number of hydrogen-bond donors (Lipinski definition) is 0. The van der Waals surface area contributed by atoms with Gasteiger partial charge in [-0.15, -0.1) is 0 Å². The normalized spacial score (nSPS) is 11.7. The SMILES string of the molecule is Cc1cc2c(oc3cccc(Cl)c32)c2ccccc12. The smallest absolute Gasteiger partial charge is 0.143 e. The van der Waals surface area contributed by atoms with Crippen LogP contribution in [0.1, 0.15) is 5.56 Å². The van der Waals surface area contributed by atoms with Gasteiger partial charge in [-0.05, 0) is 36.1 Å². The number of rotatable bonds is 0. The van der Waals surface area contributed by atoms with Gasteiger partial charge in [-0.1, -0.05) is 41.9 Å². The van der Waals surface area contributed by atoms with Crippen molar-refractivity contribution in [3.05, 3.63) is 59.1 Å². The molecule has 0 atom stereocenters. The van der Waals surface area contributed by atoms with Gasteiger partial charge in [0.15, 0.2) is 0 Å². The topological polar surface area (TPSA) is 13.1 Å². The van der Waals surface area contributed by atoms with Crippen LogP contribution in [-0.4, -0.2) is 0 Å². The molecule has 4 rings (SSSR count). The maximum absolute atomic E-state index is 6.32. The van der Waals surface area contributed by atoms with E-state index in [1.54, 1.807) is 0 Å². The van der Waals surface area contributed by atoms with Gasteiger partial charge < -0.3 is 4.42 Å². The van der Waals surface area contributed by atoms with Crippen molar-refractivity contribution >= 4 is 44.3 Å². The van der Waals surface area contributed by atoms with Crippen molar-refractivity contribution < 1.29 is 4.42 Å². The van der Waals surface area contributed by atoms with E-state index >= 15 is 0 Å². The van der Waals surface area contributed by atoms with Gasteiger partial charge in [0.05, 0.1) is 5.02 Å². The zero-order valence-corrected chi connectivity index (χ0v) is 11.2. The van der Waals surface area contributed by atoms with Gasteiger partial charge in [0.2, 0.25) is 0 Å². The second-order valence-corrected chi connectivity index (χ2v) is 5.24. The number of furan rings is 1. The molecule has 2 heteroatoms. The van der Waals surface area contributed by atoms with E-state index in [9.17, 15) is 0 Å². The minimum Gasteiger partial charge on any atom is -0.455 e. The molecule has 4 aromatic rings. The van der Waals surface area contributed by atoms with Crippen molar-refractivity contribution in [1.29, 1.82) is 0 Å². The van der Waals surface area contributed by atoms with Gasteiger partial charge in [-0.2, -0.15) is 0 Å². The zero-order chi connectivity index (χ0) is 13.0. The van der Waals surface area contributed by atoms with Crippen molar-refractivity contribution in [3.8, 4) is 0 Å². The third-order valence-corrected chi connectivity index (χ3v) is 3.97. The van der Waals surface area contributed by atoms with E-state index < -0.39 is 0 Å². The molecule has 0 unspecified atom stereocenters. The van der Waals surface area contributed by atoms with Crippen LogP contribution >= 0.6 is 11.6 Å². The predicted octanol–water partition coefficient (Wildman–Crippen LogP) is 5.70. The number of aryl methyl sites for hydroxylation is 1. The molecular weight excluding hydrogens is 256 g/mol. The Balaban J connectivity index is 2.37. The Kier molecular flexibility index (Phi) is 2.15. The standard InChI is InChI=1S/C17H11ClO/c1-10-9-13-16-14(18)7-4-8-15(16)19-17(13)12-6-3-2-5-11(10)12/h2-9H,1H3. The molecule has 92 valence electrons. The summed E-state index contributed by atoms with van der Waals surface area (Å²) >= 11 is 6.32. The molecule has 1 aromatic heterocycles. The fourth-order valence-electron chi connectivity index (χ4n) is 2.79. The number of halogens is 1. The highest BCUT2D eigenvalue weighted by Crippen LogP contribution is 2.38. The molecule has 0 aliphatic carbocycles. The van der Waals surface area contributed by atoms with E-state index in [-0.39, 0.29) is 0 Å². The Morgan fingerprint density at radius 3 is 2.53 bits per heavy atom. The van der Waals surface area contributed by atoms with E-state index in [1.165, 1.54) is 10.9 Å². The van der Waals surface area contributed by atoms with Gasteiger partial charge in [0, 0.05) is 16.2 Å². The lowest BCUT2D eigenvalue weighted by molar-refractivity contribution is 0.672. The maximum Gasteiger partial charge on any atom is 0.143 e. The van der Waals surface area contributed by atoms with Gasteiger partial charge in [0.25, 0.3) is 0 Å². The molecule has 3 aromatic carbocycles. The summed E-state index contributed by atoms with van der Waals surface area (Å²) in [4.78, 5) is 0. The third kappa shape index (κ3) is 1.42. The second kappa shape index (κ2) is 3.75. The zero-order valence-electron chi connectivity index (χ0n) is 10.4. The summed E-state index contributed by atoms with van der Waals surface area (Å²) in [6.45, 7) is 2.12. The van der Waals surface area contributed by atoms with Crippen molar-refractivity contribution in [1.82, 2.24) is 0 Å². The van der Waals surface area contributed by atoms with Gasteiger partial charge in [-0.25, -0.2) is 0 Å². The van der Waals surface area contributed by atoms with Gasteiger partial charge in [-0.3, -0.25) is 0 Å². The van der Waals surface area contributed by atoms with Crippen LogP contribution in [0.5, 0.6) is 0 Å². The first-order valence-electron chi connectivity index (χ1n) is 6.25. The van der Waals surface area contributed by atoms with Crippen LogP contribution < -0.4 is 0 Å². The largest absolute Gasteiger partial charge is 0.455 e. The van der Waals surface area contributed by atoms with Crippen LogP contribution in [0, 0.1) is 6.92 Å². The first-order chi connectivity index (χ1) is 9.25. The monoisotopic (exact) mass is 266 g/mol. The van der Waals surface area contributed by atoms with E-state index in [4.69, 9.17) is 16.0 Å². The number of fused-ring (bicyclic) bond motifs is 5. The molecule has 0 aliphatic heterocycles. The highest BCUT2D eigenvalue weighted by molar-refractivity contribution is 6.38. The van der Waals surface area contributed by atoms with Crippen LogP contribution in [0.15, 0.2) is 52.9 Å². The quantitative estimate of drug-likeness (QED) is 0.398. The minimum absolute atomic E-state index is 0.742. The molecule has 0 saturated carbocycles. The molecule has 0 fully saturated rings. The highest BCUT2D eigenvalue weighted by Gasteiger charge is 2.13. The lowest BCUT2D eigenvalue weighted by Crippen LogP contribution is -1.79. The Morgan fingerprint density at radius 2 is 1.68 bits per heavy atom. The Labute approximate surface area is 115 Å². The molecule has 1 nitrogen and oxygen atoms in total. The van der Waals surface area contributed by atoms with E-state index in [0.29, 0.717) is 0 Å². The molecule has 19 heavy (non-hydrogen) atoms. The van der Waals surface area contributed by atoms with Gasteiger partial charge >= 0.3 is 0 Å². The van der Waals surface area contributed by atoms with Crippen LogP contribution in [0.4, 0.5) is 0 Å². The van der Waals surface area contributed by atoms with Crippen molar-refractivity contribution in [2.24, 2.45) is 0 Å². The molecule has 1 heterocycles. The van der Waals surface area contributed by atoms with Crippen molar-refractivity contribution in [2.45, 2.75) is 6.92 Å².